The molecule has 1 aliphatic rings. The lowest BCUT2D eigenvalue weighted by Crippen LogP contribution is -2.57. The molecule has 1 aliphatic carbocycles. The molecule has 0 bridgehead atoms. The molecule has 20 heavy (non-hydrogen) atoms. The Morgan fingerprint density at radius 1 is 1.30 bits per heavy atom. The Labute approximate surface area is 123 Å². The SMILES string of the molecule is Cc1ccc(C(NN)C2(N(C)C)CCCC(C)C2)cc1. The van der Waals surface area contributed by atoms with Crippen LogP contribution in [0.4, 0.5) is 0 Å². The molecule has 3 atom stereocenters. The van der Waals surface area contributed by atoms with Crippen molar-refractivity contribution in [2.24, 2.45) is 11.8 Å². The van der Waals surface area contributed by atoms with Gasteiger partial charge in [0.25, 0.3) is 0 Å². The van der Waals surface area contributed by atoms with Gasteiger partial charge in [-0.25, -0.2) is 0 Å². The van der Waals surface area contributed by atoms with Crippen LogP contribution in [0.2, 0.25) is 0 Å². The highest BCUT2D eigenvalue weighted by Gasteiger charge is 2.43. The first-order chi connectivity index (χ1) is 9.49. The second-order valence-electron chi connectivity index (χ2n) is 6.71. The van der Waals surface area contributed by atoms with Gasteiger partial charge < -0.3 is 4.90 Å². The Morgan fingerprint density at radius 3 is 2.45 bits per heavy atom. The largest absolute Gasteiger partial charge is 0.302 e. The first kappa shape index (κ1) is 15.5. The van der Waals surface area contributed by atoms with Crippen molar-refractivity contribution in [3.05, 3.63) is 35.4 Å². The third-order valence-electron chi connectivity index (χ3n) is 5.01. The number of aryl methyl sites for hydroxylation is 1. The van der Waals surface area contributed by atoms with E-state index in [0.717, 1.165) is 5.92 Å². The van der Waals surface area contributed by atoms with Crippen LogP contribution in [-0.4, -0.2) is 24.5 Å². The quantitative estimate of drug-likeness (QED) is 0.655. The Bertz CT molecular complexity index is 426. The predicted octanol–water partition coefficient (Wildman–Crippen LogP) is 3.01. The summed E-state index contributed by atoms with van der Waals surface area (Å²) in [5.74, 6) is 6.72. The Hall–Kier alpha value is -0.900. The highest BCUT2D eigenvalue weighted by molar-refractivity contribution is 5.27. The number of benzene rings is 1. The van der Waals surface area contributed by atoms with E-state index in [1.165, 1.54) is 36.8 Å². The van der Waals surface area contributed by atoms with Crippen molar-refractivity contribution in [3.63, 3.8) is 0 Å². The van der Waals surface area contributed by atoms with Gasteiger partial charge in [0.1, 0.15) is 0 Å². The zero-order chi connectivity index (χ0) is 14.8. The van der Waals surface area contributed by atoms with E-state index in [0.29, 0.717) is 0 Å². The zero-order valence-electron chi connectivity index (χ0n) is 13.3. The molecule has 3 nitrogen and oxygen atoms in total. The average molecular weight is 275 g/mol. The average Bonchev–Trinajstić information content (AvgIpc) is 2.41. The highest BCUT2D eigenvalue weighted by Crippen LogP contribution is 2.43. The fourth-order valence-electron chi connectivity index (χ4n) is 3.81. The van der Waals surface area contributed by atoms with Gasteiger partial charge in [-0.15, -0.1) is 0 Å². The van der Waals surface area contributed by atoms with Crippen molar-refractivity contribution in [3.8, 4) is 0 Å². The van der Waals surface area contributed by atoms with Gasteiger partial charge >= 0.3 is 0 Å². The number of hydrogen-bond donors (Lipinski definition) is 2. The van der Waals surface area contributed by atoms with Crippen molar-refractivity contribution in [1.29, 1.82) is 0 Å². The summed E-state index contributed by atoms with van der Waals surface area (Å²) >= 11 is 0. The van der Waals surface area contributed by atoms with Gasteiger partial charge in [0.2, 0.25) is 0 Å². The summed E-state index contributed by atoms with van der Waals surface area (Å²) in [5.41, 5.74) is 5.81. The fraction of sp³-hybridized carbons (Fsp3) is 0.647. The number of nitrogens with one attached hydrogen (secondary N) is 1. The van der Waals surface area contributed by atoms with Crippen LogP contribution in [0.3, 0.4) is 0 Å². The van der Waals surface area contributed by atoms with Crippen molar-refractivity contribution >= 4 is 0 Å². The van der Waals surface area contributed by atoms with E-state index in [2.05, 4.69) is 62.5 Å². The van der Waals surface area contributed by atoms with Crippen LogP contribution in [0.5, 0.6) is 0 Å². The summed E-state index contributed by atoms with van der Waals surface area (Å²) in [6.45, 7) is 4.49. The Morgan fingerprint density at radius 2 is 1.95 bits per heavy atom. The number of hydrazine groups is 1. The Balaban J connectivity index is 2.37. The van der Waals surface area contributed by atoms with Gasteiger partial charge in [-0.2, -0.15) is 0 Å². The molecular formula is C17H29N3. The smallest absolute Gasteiger partial charge is 0.0643 e. The number of hydrogen-bond acceptors (Lipinski definition) is 3. The molecule has 112 valence electrons. The molecule has 1 aromatic carbocycles. The number of nitrogens with two attached hydrogens (primary N) is 1. The first-order valence-electron chi connectivity index (χ1n) is 7.70. The molecule has 1 fully saturated rings. The summed E-state index contributed by atoms with van der Waals surface area (Å²) in [4.78, 5) is 2.38. The van der Waals surface area contributed by atoms with Gasteiger partial charge in [0.15, 0.2) is 0 Å². The van der Waals surface area contributed by atoms with Crippen molar-refractivity contribution in [1.82, 2.24) is 10.3 Å². The van der Waals surface area contributed by atoms with Gasteiger partial charge in [-0.05, 0) is 45.3 Å². The van der Waals surface area contributed by atoms with Gasteiger partial charge in [-0.3, -0.25) is 11.3 Å². The molecule has 0 spiro atoms. The standard InChI is InChI=1S/C17H29N3/c1-13-7-9-15(10-8-13)16(19-18)17(20(3)4)11-5-6-14(2)12-17/h7-10,14,16,19H,5-6,11-12,18H2,1-4H3. The molecule has 3 N–H and O–H groups in total. The van der Waals surface area contributed by atoms with E-state index >= 15 is 0 Å². The first-order valence-corrected chi connectivity index (χ1v) is 7.70. The molecule has 3 unspecified atom stereocenters. The third kappa shape index (κ3) is 2.90. The van der Waals surface area contributed by atoms with Gasteiger partial charge in [0, 0.05) is 5.54 Å². The summed E-state index contributed by atoms with van der Waals surface area (Å²) in [5, 5.41) is 0. The van der Waals surface area contributed by atoms with E-state index < -0.39 is 0 Å². The lowest BCUT2D eigenvalue weighted by atomic mass is 9.69. The summed E-state index contributed by atoms with van der Waals surface area (Å²) in [6.07, 6.45) is 5.01. The number of rotatable bonds is 4. The van der Waals surface area contributed by atoms with Crippen LogP contribution < -0.4 is 11.3 Å². The molecule has 0 saturated heterocycles. The van der Waals surface area contributed by atoms with Gasteiger partial charge in [-0.1, -0.05) is 49.6 Å². The Kier molecular flexibility index (Phi) is 4.84. The van der Waals surface area contributed by atoms with E-state index in [1.807, 2.05) is 0 Å². The molecule has 1 saturated carbocycles. The third-order valence-corrected chi connectivity index (χ3v) is 5.01. The topological polar surface area (TPSA) is 41.3 Å². The van der Waals surface area contributed by atoms with E-state index in [9.17, 15) is 0 Å². The van der Waals surface area contributed by atoms with Crippen LogP contribution in [0.25, 0.3) is 0 Å². The lowest BCUT2D eigenvalue weighted by Gasteiger charge is -2.50. The van der Waals surface area contributed by atoms with E-state index in [4.69, 9.17) is 5.84 Å². The van der Waals surface area contributed by atoms with Crippen LogP contribution >= 0.6 is 0 Å². The second-order valence-corrected chi connectivity index (χ2v) is 6.71. The minimum absolute atomic E-state index is 0.113. The molecule has 0 heterocycles. The molecule has 0 radical (unpaired) electrons. The van der Waals surface area contributed by atoms with E-state index in [1.54, 1.807) is 0 Å². The molecule has 0 aliphatic heterocycles. The van der Waals surface area contributed by atoms with Crippen LogP contribution in [0.1, 0.15) is 49.8 Å². The fourth-order valence-corrected chi connectivity index (χ4v) is 3.81. The summed E-state index contributed by atoms with van der Waals surface area (Å²) in [7, 11) is 4.38. The predicted molar refractivity (Wildman–Crippen MR) is 85.3 cm³/mol. The number of likely N-dealkylation sites (N-methyl/N-ethyl adjacent to an activating group) is 1. The van der Waals surface area contributed by atoms with Crippen molar-refractivity contribution in [2.45, 2.75) is 51.1 Å². The minimum atomic E-state index is 0.113. The normalized spacial score (nSPS) is 28.6. The van der Waals surface area contributed by atoms with Gasteiger partial charge in [0.05, 0.1) is 6.04 Å². The van der Waals surface area contributed by atoms with Crippen LogP contribution in [0.15, 0.2) is 24.3 Å². The highest BCUT2D eigenvalue weighted by atomic mass is 15.3. The summed E-state index contributed by atoms with van der Waals surface area (Å²) in [6, 6.07) is 8.96. The molecular weight excluding hydrogens is 246 g/mol. The van der Waals surface area contributed by atoms with E-state index in [-0.39, 0.29) is 11.6 Å². The summed E-state index contributed by atoms with van der Waals surface area (Å²) < 4.78 is 0. The van der Waals surface area contributed by atoms with Crippen molar-refractivity contribution < 1.29 is 0 Å². The maximum Gasteiger partial charge on any atom is 0.0643 e. The maximum atomic E-state index is 5.97. The molecule has 1 aromatic rings. The second kappa shape index (κ2) is 6.25. The monoisotopic (exact) mass is 275 g/mol. The van der Waals surface area contributed by atoms with Crippen molar-refractivity contribution in [2.75, 3.05) is 14.1 Å². The number of nitrogens with zero attached hydrogens (tertiary/aromatic N) is 1. The minimum Gasteiger partial charge on any atom is -0.302 e. The lowest BCUT2D eigenvalue weighted by molar-refractivity contribution is 0.0366. The molecule has 0 aromatic heterocycles. The van der Waals surface area contributed by atoms with Crippen LogP contribution in [-0.2, 0) is 0 Å². The molecule has 3 heteroatoms. The van der Waals surface area contributed by atoms with Crippen LogP contribution in [0, 0.1) is 12.8 Å². The zero-order valence-corrected chi connectivity index (χ0v) is 13.3. The molecule has 0 amide bonds. The molecule has 2 rings (SSSR count). The maximum absolute atomic E-state index is 5.97.